The Bertz CT molecular complexity index is 858. The summed E-state index contributed by atoms with van der Waals surface area (Å²) in [4.78, 5) is 2.36. The molecule has 0 bridgehead atoms. The van der Waals surface area contributed by atoms with Gasteiger partial charge in [-0.2, -0.15) is 5.10 Å². The van der Waals surface area contributed by atoms with E-state index in [4.69, 9.17) is 0 Å². The molecule has 2 aromatic carbocycles. The number of benzene rings is 2. The van der Waals surface area contributed by atoms with Crippen molar-refractivity contribution >= 4 is 0 Å². The monoisotopic (exact) mass is 325 g/mol. The number of fused-ring (bicyclic) bond motifs is 1. The molecule has 0 aliphatic carbocycles. The summed E-state index contributed by atoms with van der Waals surface area (Å²) in [5, 5.41) is 4.53. The van der Waals surface area contributed by atoms with Gasteiger partial charge in [0.1, 0.15) is 0 Å². The van der Waals surface area contributed by atoms with Gasteiger partial charge in [-0.15, -0.1) is 0 Å². The first-order valence-electron chi connectivity index (χ1n) is 7.97. The maximum absolute atomic E-state index is 13.4. The van der Waals surface area contributed by atoms with Crippen molar-refractivity contribution in [2.75, 3.05) is 6.54 Å². The fourth-order valence-electron chi connectivity index (χ4n) is 3.09. The molecule has 3 nitrogen and oxygen atoms in total. The Morgan fingerprint density at radius 1 is 0.917 bits per heavy atom. The van der Waals surface area contributed by atoms with Crippen molar-refractivity contribution in [2.24, 2.45) is 0 Å². The first-order chi connectivity index (χ1) is 11.7. The third-order valence-electron chi connectivity index (χ3n) is 4.34. The molecule has 4 rings (SSSR count). The second-order valence-electron chi connectivity index (χ2n) is 6.07. The molecule has 0 radical (unpaired) electrons. The normalized spacial score (nSPS) is 14.6. The van der Waals surface area contributed by atoms with E-state index >= 15 is 0 Å². The maximum atomic E-state index is 13.4. The summed E-state index contributed by atoms with van der Waals surface area (Å²) in [5.74, 6) is -1.68. The molecule has 1 aliphatic rings. The van der Waals surface area contributed by atoms with E-state index < -0.39 is 11.6 Å². The molecule has 0 amide bonds. The average Bonchev–Trinajstić information content (AvgIpc) is 3.01. The second-order valence-corrected chi connectivity index (χ2v) is 6.07. The minimum Gasteiger partial charge on any atom is -0.291 e. The first kappa shape index (κ1) is 15.0. The lowest BCUT2D eigenvalue weighted by Gasteiger charge is -2.27. The molecule has 0 N–H and O–H groups in total. The lowest BCUT2D eigenvalue weighted by atomic mass is 10.1. The maximum Gasteiger partial charge on any atom is 0.159 e. The third kappa shape index (κ3) is 2.95. The van der Waals surface area contributed by atoms with Crippen LogP contribution in [0.3, 0.4) is 0 Å². The number of hydrogen-bond donors (Lipinski definition) is 0. The Morgan fingerprint density at radius 2 is 1.75 bits per heavy atom. The van der Waals surface area contributed by atoms with Gasteiger partial charge in [-0.25, -0.2) is 8.78 Å². The smallest absolute Gasteiger partial charge is 0.159 e. The Kier molecular flexibility index (Phi) is 3.86. The standard InChI is InChI=1S/C19H17F2N3/c20-17-7-6-15(10-18(17)21)19-11-16-13-23(8-9-24(16)22-19)12-14-4-2-1-3-5-14/h1-7,10-11H,8-9,12-13H2. The van der Waals surface area contributed by atoms with E-state index in [0.29, 0.717) is 11.3 Å². The van der Waals surface area contributed by atoms with Crippen molar-refractivity contribution in [3.05, 3.63) is 77.5 Å². The molecule has 1 aliphatic heterocycles. The van der Waals surface area contributed by atoms with Crippen LogP contribution in [0, 0.1) is 11.6 Å². The highest BCUT2D eigenvalue weighted by Crippen LogP contribution is 2.24. The molecule has 122 valence electrons. The summed E-state index contributed by atoms with van der Waals surface area (Å²) in [6, 6.07) is 16.2. The van der Waals surface area contributed by atoms with E-state index in [1.54, 1.807) is 6.07 Å². The predicted molar refractivity (Wildman–Crippen MR) is 88.1 cm³/mol. The van der Waals surface area contributed by atoms with Crippen LogP contribution in [0.1, 0.15) is 11.3 Å². The zero-order valence-corrected chi connectivity index (χ0v) is 13.1. The van der Waals surface area contributed by atoms with Gasteiger partial charge in [0, 0.05) is 25.2 Å². The predicted octanol–water partition coefficient (Wildman–Crippen LogP) is 3.84. The van der Waals surface area contributed by atoms with E-state index in [2.05, 4.69) is 22.1 Å². The molecule has 0 atom stereocenters. The summed E-state index contributed by atoms with van der Waals surface area (Å²) in [5.41, 5.74) is 3.67. The molecule has 0 saturated heterocycles. The molecule has 5 heteroatoms. The SMILES string of the molecule is Fc1ccc(-c2cc3n(n2)CCN(Cc2ccccc2)C3)cc1F. The first-order valence-corrected chi connectivity index (χ1v) is 7.97. The van der Waals surface area contributed by atoms with Gasteiger partial charge in [-0.3, -0.25) is 9.58 Å². The van der Waals surface area contributed by atoms with Crippen LogP contribution in [0.4, 0.5) is 8.78 Å². The fraction of sp³-hybridized carbons (Fsp3) is 0.211. The molecule has 0 saturated carbocycles. The van der Waals surface area contributed by atoms with Gasteiger partial charge in [0.25, 0.3) is 0 Å². The second kappa shape index (κ2) is 6.17. The van der Waals surface area contributed by atoms with Crippen molar-refractivity contribution < 1.29 is 8.78 Å². The molecule has 0 fully saturated rings. The lowest BCUT2D eigenvalue weighted by molar-refractivity contribution is 0.205. The van der Waals surface area contributed by atoms with Gasteiger partial charge in [0.05, 0.1) is 17.9 Å². The van der Waals surface area contributed by atoms with Crippen molar-refractivity contribution in [3.8, 4) is 11.3 Å². The van der Waals surface area contributed by atoms with Crippen molar-refractivity contribution in [3.63, 3.8) is 0 Å². The van der Waals surface area contributed by atoms with Crippen LogP contribution >= 0.6 is 0 Å². The van der Waals surface area contributed by atoms with Gasteiger partial charge < -0.3 is 0 Å². The van der Waals surface area contributed by atoms with Crippen LogP contribution in [0.5, 0.6) is 0 Å². The van der Waals surface area contributed by atoms with E-state index in [1.165, 1.54) is 11.6 Å². The molecular formula is C19H17F2N3. The molecule has 3 aromatic rings. The summed E-state index contributed by atoms with van der Waals surface area (Å²) in [7, 11) is 0. The Labute approximate surface area is 139 Å². The highest BCUT2D eigenvalue weighted by atomic mass is 19.2. The topological polar surface area (TPSA) is 21.1 Å². The molecule has 1 aromatic heterocycles. The van der Waals surface area contributed by atoms with Crippen LogP contribution < -0.4 is 0 Å². The number of aromatic nitrogens is 2. The molecule has 2 heterocycles. The van der Waals surface area contributed by atoms with Crippen LogP contribution in [-0.2, 0) is 19.6 Å². The Morgan fingerprint density at radius 3 is 2.54 bits per heavy atom. The van der Waals surface area contributed by atoms with E-state index in [9.17, 15) is 8.78 Å². The quantitative estimate of drug-likeness (QED) is 0.729. The summed E-state index contributed by atoms with van der Waals surface area (Å²) >= 11 is 0. The van der Waals surface area contributed by atoms with E-state index in [-0.39, 0.29) is 0 Å². The van der Waals surface area contributed by atoms with Gasteiger partial charge in [0.2, 0.25) is 0 Å². The van der Waals surface area contributed by atoms with Crippen LogP contribution in [0.15, 0.2) is 54.6 Å². The number of nitrogens with zero attached hydrogens (tertiary/aromatic N) is 3. The number of rotatable bonds is 3. The molecular weight excluding hydrogens is 308 g/mol. The highest BCUT2D eigenvalue weighted by Gasteiger charge is 2.19. The Balaban J connectivity index is 1.54. The lowest BCUT2D eigenvalue weighted by Crippen LogP contribution is -2.33. The molecule has 0 unspecified atom stereocenters. The zero-order chi connectivity index (χ0) is 16.5. The summed E-state index contributed by atoms with van der Waals surface area (Å²) in [6.07, 6.45) is 0. The average molecular weight is 325 g/mol. The third-order valence-corrected chi connectivity index (χ3v) is 4.34. The van der Waals surface area contributed by atoms with Crippen molar-refractivity contribution in [2.45, 2.75) is 19.6 Å². The van der Waals surface area contributed by atoms with Gasteiger partial charge in [0.15, 0.2) is 11.6 Å². The van der Waals surface area contributed by atoms with Crippen molar-refractivity contribution in [1.82, 2.24) is 14.7 Å². The largest absolute Gasteiger partial charge is 0.291 e. The summed E-state index contributed by atoms with van der Waals surface area (Å²) < 4.78 is 28.5. The van der Waals surface area contributed by atoms with E-state index in [1.807, 2.05) is 28.9 Å². The summed E-state index contributed by atoms with van der Waals surface area (Å²) in [6.45, 7) is 3.41. The number of halogens is 2. The van der Waals surface area contributed by atoms with Gasteiger partial charge in [-0.1, -0.05) is 30.3 Å². The van der Waals surface area contributed by atoms with Crippen LogP contribution in [-0.4, -0.2) is 21.2 Å². The van der Waals surface area contributed by atoms with Gasteiger partial charge >= 0.3 is 0 Å². The van der Waals surface area contributed by atoms with Crippen LogP contribution in [0.25, 0.3) is 11.3 Å². The number of hydrogen-bond acceptors (Lipinski definition) is 2. The minimum atomic E-state index is -0.843. The van der Waals surface area contributed by atoms with E-state index in [0.717, 1.165) is 37.9 Å². The van der Waals surface area contributed by atoms with Crippen LogP contribution in [0.2, 0.25) is 0 Å². The highest BCUT2D eigenvalue weighted by molar-refractivity contribution is 5.59. The van der Waals surface area contributed by atoms with Gasteiger partial charge in [-0.05, 0) is 29.8 Å². The zero-order valence-electron chi connectivity index (χ0n) is 13.1. The minimum absolute atomic E-state index is 0.602. The molecule has 0 spiro atoms. The fourth-order valence-corrected chi connectivity index (χ4v) is 3.09. The Hall–Kier alpha value is -2.53. The molecule has 24 heavy (non-hydrogen) atoms. The van der Waals surface area contributed by atoms with Crippen molar-refractivity contribution in [1.29, 1.82) is 0 Å².